The third-order valence-electron chi connectivity index (χ3n) is 8.04. The van der Waals surface area contributed by atoms with Crippen molar-refractivity contribution in [3.8, 4) is 5.75 Å². The van der Waals surface area contributed by atoms with Gasteiger partial charge in [0, 0.05) is 36.6 Å². The number of nitrogens with one attached hydrogen (secondary N) is 1. The number of aromatic nitrogens is 1. The highest BCUT2D eigenvalue weighted by molar-refractivity contribution is 7.89. The van der Waals surface area contributed by atoms with Gasteiger partial charge >= 0.3 is 6.03 Å². The van der Waals surface area contributed by atoms with Crippen molar-refractivity contribution in [3.05, 3.63) is 74.2 Å². The molecular formula is C33H43Cl2N5O6S2. The van der Waals surface area contributed by atoms with Gasteiger partial charge in [-0.1, -0.05) is 81.2 Å². The second kappa shape index (κ2) is 16.2. The molecule has 0 spiro atoms. The summed E-state index contributed by atoms with van der Waals surface area (Å²) in [5.41, 5.74) is 1.60. The van der Waals surface area contributed by atoms with Gasteiger partial charge in [-0.3, -0.25) is 4.79 Å². The van der Waals surface area contributed by atoms with Crippen LogP contribution in [0.15, 0.2) is 52.7 Å². The van der Waals surface area contributed by atoms with Crippen molar-refractivity contribution >= 4 is 56.5 Å². The van der Waals surface area contributed by atoms with Gasteiger partial charge in [0.2, 0.25) is 15.9 Å². The number of aliphatic hydroxyl groups is 1. The maximum Gasteiger partial charge on any atom is 0.321 e. The van der Waals surface area contributed by atoms with Crippen LogP contribution in [-0.2, 0) is 27.8 Å². The molecule has 1 aliphatic rings. The topological polar surface area (TPSA) is 143 Å². The Labute approximate surface area is 296 Å². The fraction of sp³-hybridized carbons (Fsp3) is 0.485. The monoisotopic (exact) mass is 739 g/mol. The Bertz CT molecular complexity index is 1690. The molecule has 4 rings (SSSR count). The van der Waals surface area contributed by atoms with Crippen molar-refractivity contribution in [3.63, 3.8) is 0 Å². The molecule has 15 heteroatoms. The Morgan fingerprint density at radius 2 is 1.79 bits per heavy atom. The Morgan fingerprint density at radius 3 is 2.40 bits per heavy atom. The number of nitrogens with zero attached hydrogens (tertiary/aromatic N) is 4. The molecule has 0 radical (unpaired) electrons. The number of phenolic OH excluding ortho intramolecular Hbond substituents is 1. The Hall–Kier alpha value is -2.94. The van der Waals surface area contributed by atoms with Crippen LogP contribution in [0.25, 0.3) is 0 Å². The number of aryl methyl sites for hydroxylation is 1. The van der Waals surface area contributed by atoms with Crippen LogP contribution in [0.5, 0.6) is 5.75 Å². The number of carbonyl (C=O) groups excluding carboxylic acids is 2. The van der Waals surface area contributed by atoms with Gasteiger partial charge < -0.3 is 25.3 Å². The first-order valence-electron chi connectivity index (χ1n) is 15.8. The van der Waals surface area contributed by atoms with Crippen molar-refractivity contribution in [2.24, 2.45) is 11.8 Å². The van der Waals surface area contributed by atoms with Crippen molar-refractivity contribution in [1.29, 1.82) is 0 Å². The van der Waals surface area contributed by atoms with Crippen molar-refractivity contribution in [1.82, 2.24) is 24.4 Å². The number of hydrogen-bond acceptors (Lipinski definition) is 8. The molecule has 2 aromatic carbocycles. The molecule has 3 atom stereocenters. The molecule has 0 saturated carbocycles. The minimum Gasteiger partial charge on any atom is -0.505 e. The van der Waals surface area contributed by atoms with E-state index in [0.29, 0.717) is 19.6 Å². The Morgan fingerprint density at radius 1 is 1.10 bits per heavy atom. The number of benzene rings is 2. The molecule has 262 valence electrons. The number of aliphatic hydroxyl groups excluding tert-OH is 1. The molecule has 3 aromatic rings. The zero-order valence-corrected chi connectivity index (χ0v) is 30.8. The average molecular weight is 741 g/mol. The van der Waals surface area contributed by atoms with Gasteiger partial charge in [0.25, 0.3) is 0 Å². The lowest BCUT2D eigenvalue weighted by atomic mass is 9.97. The molecular weight excluding hydrogens is 697 g/mol. The highest BCUT2D eigenvalue weighted by atomic mass is 35.5. The molecule has 3 N–H and O–H groups in total. The van der Waals surface area contributed by atoms with E-state index in [-0.39, 0.29) is 40.9 Å². The molecule has 2 heterocycles. The first-order valence-corrected chi connectivity index (χ1v) is 18.8. The summed E-state index contributed by atoms with van der Waals surface area (Å²) in [6.07, 6.45) is -1.20. The van der Waals surface area contributed by atoms with Gasteiger partial charge in [0.05, 0.1) is 34.4 Å². The standard InChI is InChI=1S/C33H43Cl2N5O6S2/c1-20(2)16-39(48(45,46)29-15-24(34)14-26(35)31(29)42)18-28(41)27(13-23-9-7-6-8-10-23)37-32(43)30(21(3)4)40-12-11-38(33(40)44)17-25-19-47-22(5)36-25/h6-10,14-15,19-21,27-28,30,41-42H,11-13,16-18H2,1-5H3,(H,37,43)/t27-,28+,30-/m0/s1. The van der Waals surface area contributed by atoms with Gasteiger partial charge in [-0.05, 0) is 42.9 Å². The first-order chi connectivity index (χ1) is 22.6. The third-order valence-corrected chi connectivity index (χ3v) is 11.2. The number of aromatic hydroxyl groups is 1. The summed E-state index contributed by atoms with van der Waals surface area (Å²) in [7, 11) is -4.40. The van der Waals surface area contributed by atoms with E-state index in [2.05, 4.69) is 10.3 Å². The lowest BCUT2D eigenvalue weighted by Crippen LogP contribution is -2.57. The molecule has 11 nitrogen and oxygen atoms in total. The van der Waals surface area contributed by atoms with Crippen LogP contribution < -0.4 is 5.32 Å². The van der Waals surface area contributed by atoms with E-state index in [0.717, 1.165) is 26.6 Å². The van der Waals surface area contributed by atoms with Crippen LogP contribution in [0.1, 0.15) is 44.0 Å². The maximum atomic E-state index is 14.1. The number of hydrogen-bond donors (Lipinski definition) is 3. The lowest BCUT2D eigenvalue weighted by Gasteiger charge is -2.34. The van der Waals surface area contributed by atoms with Gasteiger partial charge in [0.1, 0.15) is 10.9 Å². The van der Waals surface area contributed by atoms with Gasteiger partial charge in [0.15, 0.2) is 5.75 Å². The lowest BCUT2D eigenvalue weighted by molar-refractivity contribution is -0.128. The number of rotatable bonds is 15. The van der Waals surface area contributed by atoms with Gasteiger partial charge in [-0.25, -0.2) is 18.2 Å². The molecule has 0 aliphatic carbocycles. The molecule has 1 aliphatic heterocycles. The summed E-state index contributed by atoms with van der Waals surface area (Å²) in [5.74, 6) is -1.53. The van der Waals surface area contributed by atoms with Gasteiger partial charge in [-0.15, -0.1) is 11.3 Å². The molecule has 1 saturated heterocycles. The van der Waals surface area contributed by atoms with Crippen LogP contribution in [0.2, 0.25) is 10.0 Å². The summed E-state index contributed by atoms with van der Waals surface area (Å²) in [6, 6.07) is 9.51. The summed E-state index contributed by atoms with van der Waals surface area (Å²) < 4.78 is 28.9. The smallest absolute Gasteiger partial charge is 0.321 e. The maximum absolute atomic E-state index is 14.1. The van der Waals surface area contributed by atoms with Crippen LogP contribution in [0, 0.1) is 18.8 Å². The van der Waals surface area contributed by atoms with Gasteiger partial charge in [-0.2, -0.15) is 4.31 Å². The third kappa shape index (κ3) is 9.19. The number of urea groups is 1. The van der Waals surface area contributed by atoms with E-state index in [1.165, 1.54) is 17.4 Å². The Kier molecular flexibility index (Phi) is 12.8. The highest BCUT2D eigenvalue weighted by Gasteiger charge is 2.41. The molecule has 3 amide bonds. The van der Waals surface area contributed by atoms with E-state index in [4.69, 9.17) is 23.2 Å². The predicted molar refractivity (Wildman–Crippen MR) is 188 cm³/mol. The fourth-order valence-electron chi connectivity index (χ4n) is 5.80. The summed E-state index contributed by atoms with van der Waals surface area (Å²) in [4.78, 5) is 34.8. The van der Waals surface area contributed by atoms with Crippen molar-refractivity contribution in [2.45, 2.75) is 70.7 Å². The van der Waals surface area contributed by atoms with E-state index >= 15 is 0 Å². The zero-order valence-electron chi connectivity index (χ0n) is 27.6. The number of carbonyl (C=O) groups is 2. The predicted octanol–water partition coefficient (Wildman–Crippen LogP) is 5.16. The van der Waals surface area contributed by atoms with E-state index < -0.39 is 51.3 Å². The zero-order chi connectivity index (χ0) is 35.3. The fourth-order valence-corrected chi connectivity index (χ4v) is 8.77. The largest absolute Gasteiger partial charge is 0.505 e. The minimum absolute atomic E-state index is 0.000212. The quantitative estimate of drug-likeness (QED) is 0.195. The normalized spacial score (nSPS) is 15.9. The van der Waals surface area contributed by atoms with Crippen LogP contribution in [-0.4, -0.2) is 94.0 Å². The summed E-state index contributed by atoms with van der Waals surface area (Å²) in [6.45, 7) is 9.97. The summed E-state index contributed by atoms with van der Waals surface area (Å²) >= 11 is 13.7. The second-order valence-corrected chi connectivity index (χ2v) is 16.6. The highest BCUT2D eigenvalue weighted by Crippen LogP contribution is 2.36. The minimum atomic E-state index is -4.40. The number of phenols is 1. The number of thiazole rings is 1. The molecule has 1 aromatic heterocycles. The van der Waals surface area contributed by atoms with Crippen molar-refractivity contribution < 1.29 is 28.2 Å². The molecule has 1 fully saturated rings. The molecule has 0 bridgehead atoms. The van der Waals surface area contributed by atoms with Crippen LogP contribution in [0.4, 0.5) is 4.79 Å². The van der Waals surface area contributed by atoms with E-state index in [1.807, 2.05) is 70.3 Å². The summed E-state index contributed by atoms with van der Waals surface area (Å²) in [5, 5.41) is 27.9. The number of sulfonamides is 1. The van der Waals surface area contributed by atoms with E-state index in [9.17, 15) is 28.2 Å². The number of amides is 3. The van der Waals surface area contributed by atoms with Crippen LogP contribution in [0.3, 0.4) is 0 Å². The van der Waals surface area contributed by atoms with Crippen molar-refractivity contribution in [2.75, 3.05) is 26.2 Å². The average Bonchev–Trinajstić information content (AvgIpc) is 3.58. The number of halogens is 2. The van der Waals surface area contributed by atoms with E-state index in [1.54, 1.807) is 9.80 Å². The SMILES string of the molecule is Cc1nc(CN2CCN([C@H](C(=O)N[C@@H](Cc3ccccc3)[C@H](O)CN(CC(C)C)S(=O)(=O)c3cc(Cl)cc(Cl)c3O)C(C)C)C2=O)cs1. The molecule has 0 unspecified atom stereocenters. The first kappa shape index (κ1) is 37.9. The second-order valence-electron chi connectivity index (χ2n) is 12.8. The Balaban J connectivity index is 1.60. The van der Waals surface area contributed by atoms with Crippen LogP contribution >= 0.6 is 34.5 Å². The molecule has 48 heavy (non-hydrogen) atoms.